The molecule has 2 aromatic rings. The number of rotatable bonds is 3. The van der Waals surface area contributed by atoms with Crippen molar-refractivity contribution in [3.05, 3.63) is 23.5 Å². The number of hydrogen-bond donors (Lipinski definition) is 0. The van der Waals surface area contributed by atoms with Gasteiger partial charge in [-0.05, 0) is 7.05 Å². The van der Waals surface area contributed by atoms with Crippen LogP contribution in [0.2, 0.25) is 0 Å². The molecule has 2 aromatic heterocycles. The van der Waals surface area contributed by atoms with Crippen LogP contribution in [0.4, 0.5) is 0 Å². The van der Waals surface area contributed by atoms with Gasteiger partial charge in [-0.25, -0.2) is 4.98 Å². The second-order valence-electron chi connectivity index (χ2n) is 4.59. The first-order valence-electron chi connectivity index (χ1n) is 5.96. The molecule has 5 nitrogen and oxygen atoms in total. The zero-order valence-corrected chi connectivity index (χ0v) is 11.0. The molecule has 96 valence electrons. The van der Waals surface area contributed by atoms with E-state index in [1.54, 1.807) is 11.3 Å². The van der Waals surface area contributed by atoms with Gasteiger partial charge in [-0.15, -0.1) is 11.3 Å². The molecule has 6 heteroatoms. The van der Waals surface area contributed by atoms with E-state index in [9.17, 15) is 4.79 Å². The number of carbonyl (C=O) groups is 1. The van der Waals surface area contributed by atoms with E-state index in [0.29, 0.717) is 19.6 Å². The van der Waals surface area contributed by atoms with Crippen molar-refractivity contribution in [2.45, 2.75) is 12.5 Å². The summed E-state index contributed by atoms with van der Waals surface area (Å²) in [5.41, 5.74) is 0.823. The second kappa shape index (κ2) is 4.79. The lowest BCUT2D eigenvalue weighted by Gasteiger charge is -2.28. The summed E-state index contributed by atoms with van der Waals surface area (Å²) < 4.78 is 7.46. The molecular weight excluding hydrogens is 250 g/mol. The predicted octanol–water partition coefficient (Wildman–Crippen LogP) is 0.838. The maximum Gasteiger partial charge on any atom is 0.193 e. The molecule has 3 rings (SSSR count). The Morgan fingerprint density at radius 1 is 1.67 bits per heavy atom. The number of ether oxygens (including phenoxy) is 1. The summed E-state index contributed by atoms with van der Waals surface area (Å²) in [6, 6.07) is 0. The number of morpholine rings is 1. The number of nitrogens with zero attached hydrogens (tertiary/aromatic N) is 3. The largest absolute Gasteiger partial charge is 0.368 e. The van der Waals surface area contributed by atoms with E-state index in [0.717, 1.165) is 17.2 Å². The molecule has 0 radical (unpaired) electrons. The van der Waals surface area contributed by atoms with E-state index in [2.05, 4.69) is 9.88 Å². The van der Waals surface area contributed by atoms with Gasteiger partial charge in [0.2, 0.25) is 0 Å². The molecule has 1 aliphatic rings. The molecule has 1 saturated heterocycles. The number of hydrogen-bond acceptors (Lipinski definition) is 5. The number of thiazole rings is 1. The van der Waals surface area contributed by atoms with Gasteiger partial charge in [0.1, 0.15) is 6.10 Å². The zero-order valence-electron chi connectivity index (χ0n) is 10.2. The lowest BCUT2D eigenvalue weighted by atomic mass is 10.1. The Morgan fingerprint density at radius 3 is 3.33 bits per heavy atom. The molecule has 0 aliphatic carbocycles. The highest BCUT2D eigenvalue weighted by molar-refractivity contribution is 7.15. The highest BCUT2D eigenvalue weighted by Gasteiger charge is 2.25. The molecule has 0 saturated carbocycles. The van der Waals surface area contributed by atoms with Crippen LogP contribution < -0.4 is 0 Å². The van der Waals surface area contributed by atoms with Gasteiger partial charge in [-0.2, -0.15) is 0 Å². The lowest BCUT2D eigenvalue weighted by molar-refractivity contribution is -0.134. The van der Waals surface area contributed by atoms with Gasteiger partial charge in [0.05, 0.1) is 18.7 Å². The maximum atomic E-state index is 12.1. The monoisotopic (exact) mass is 265 g/mol. The maximum absolute atomic E-state index is 12.1. The molecule has 0 spiro atoms. The van der Waals surface area contributed by atoms with Crippen LogP contribution in [-0.2, 0) is 16.0 Å². The molecule has 1 unspecified atom stereocenters. The quantitative estimate of drug-likeness (QED) is 0.825. The second-order valence-corrected chi connectivity index (χ2v) is 5.46. The average Bonchev–Trinajstić information content (AvgIpc) is 2.89. The third-order valence-electron chi connectivity index (χ3n) is 3.13. The minimum absolute atomic E-state index is 0.118. The van der Waals surface area contributed by atoms with Crippen LogP contribution in [0.5, 0.6) is 0 Å². The van der Waals surface area contributed by atoms with Gasteiger partial charge < -0.3 is 9.64 Å². The summed E-state index contributed by atoms with van der Waals surface area (Å²) in [4.78, 5) is 19.6. The lowest BCUT2D eigenvalue weighted by Crippen LogP contribution is -2.44. The smallest absolute Gasteiger partial charge is 0.193 e. The van der Waals surface area contributed by atoms with Crippen LogP contribution in [0.1, 0.15) is 5.69 Å². The number of likely N-dealkylation sites (N-methyl/N-ethyl adjacent to an activating group) is 1. The molecule has 1 fully saturated rings. The third kappa shape index (κ3) is 2.31. The molecule has 0 aromatic carbocycles. The molecule has 0 N–H and O–H groups in total. The zero-order chi connectivity index (χ0) is 12.5. The average molecular weight is 265 g/mol. The Balaban J connectivity index is 1.68. The number of ketones is 1. The van der Waals surface area contributed by atoms with Crippen LogP contribution in [0, 0.1) is 0 Å². The van der Waals surface area contributed by atoms with Gasteiger partial charge in [-0.3, -0.25) is 9.20 Å². The van der Waals surface area contributed by atoms with Crippen molar-refractivity contribution in [1.82, 2.24) is 14.3 Å². The SMILES string of the molecule is CN1CCOC(C(=O)Cc2cn3ccsc3n2)C1. The summed E-state index contributed by atoms with van der Waals surface area (Å²) in [7, 11) is 2.01. The third-order valence-corrected chi connectivity index (χ3v) is 3.90. The minimum atomic E-state index is -0.302. The summed E-state index contributed by atoms with van der Waals surface area (Å²) in [6.45, 7) is 2.20. The summed E-state index contributed by atoms with van der Waals surface area (Å²) >= 11 is 1.57. The van der Waals surface area contributed by atoms with Gasteiger partial charge in [0.25, 0.3) is 0 Å². The normalized spacial score (nSPS) is 21.5. The highest BCUT2D eigenvalue weighted by atomic mass is 32.1. The molecule has 1 atom stereocenters. The Labute approximate surface area is 109 Å². The first kappa shape index (κ1) is 11.8. The molecule has 0 bridgehead atoms. The van der Waals surface area contributed by atoms with Crippen LogP contribution in [0.15, 0.2) is 17.8 Å². The number of fused-ring (bicyclic) bond motifs is 1. The summed E-state index contributed by atoms with van der Waals surface area (Å²) in [5, 5.41) is 1.98. The Hall–Kier alpha value is -1.24. The fourth-order valence-corrected chi connectivity index (χ4v) is 2.85. The number of imidazole rings is 1. The van der Waals surface area contributed by atoms with E-state index in [4.69, 9.17) is 4.74 Å². The Kier molecular flexibility index (Phi) is 3.15. The van der Waals surface area contributed by atoms with Gasteiger partial charge in [0, 0.05) is 30.9 Å². The van der Waals surface area contributed by atoms with Crippen LogP contribution in [0.3, 0.4) is 0 Å². The van der Waals surface area contributed by atoms with Crippen LogP contribution in [-0.4, -0.2) is 52.9 Å². The summed E-state index contributed by atoms with van der Waals surface area (Å²) in [5.74, 6) is 0.118. The van der Waals surface area contributed by atoms with Crippen LogP contribution in [0.25, 0.3) is 4.96 Å². The molecule has 18 heavy (non-hydrogen) atoms. The van der Waals surface area contributed by atoms with E-state index >= 15 is 0 Å². The van der Waals surface area contributed by atoms with Crippen molar-refractivity contribution in [2.75, 3.05) is 26.7 Å². The van der Waals surface area contributed by atoms with Crippen LogP contribution >= 0.6 is 11.3 Å². The van der Waals surface area contributed by atoms with E-state index in [1.807, 2.05) is 29.2 Å². The Morgan fingerprint density at radius 2 is 2.56 bits per heavy atom. The van der Waals surface area contributed by atoms with Crippen molar-refractivity contribution < 1.29 is 9.53 Å². The molecule has 3 heterocycles. The van der Waals surface area contributed by atoms with Crippen molar-refractivity contribution in [1.29, 1.82) is 0 Å². The Bertz CT molecular complexity index is 534. The van der Waals surface area contributed by atoms with Gasteiger partial charge >= 0.3 is 0 Å². The van der Waals surface area contributed by atoms with E-state index in [1.165, 1.54) is 0 Å². The van der Waals surface area contributed by atoms with Crippen molar-refractivity contribution in [3.8, 4) is 0 Å². The standard InChI is InChI=1S/C12H15N3O2S/c1-14-2-4-17-11(8-14)10(16)6-9-7-15-3-5-18-12(15)13-9/h3,5,7,11H,2,4,6,8H2,1H3. The molecular formula is C12H15N3O2S. The number of carbonyl (C=O) groups excluding carboxylic acids is 1. The minimum Gasteiger partial charge on any atom is -0.368 e. The van der Waals surface area contributed by atoms with Crippen molar-refractivity contribution in [3.63, 3.8) is 0 Å². The topological polar surface area (TPSA) is 46.8 Å². The first-order chi connectivity index (χ1) is 8.72. The fourth-order valence-electron chi connectivity index (χ4n) is 2.13. The first-order valence-corrected chi connectivity index (χ1v) is 6.84. The number of aromatic nitrogens is 2. The van der Waals surface area contributed by atoms with E-state index in [-0.39, 0.29) is 11.9 Å². The van der Waals surface area contributed by atoms with Gasteiger partial charge in [0.15, 0.2) is 10.7 Å². The highest BCUT2D eigenvalue weighted by Crippen LogP contribution is 2.13. The van der Waals surface area contributed by atoms with Crippen molar-refractivity contribution >= 4 is 22.1 Å². The number of Topliss-reactive ketones (excluding diaryl/α,β-unsaturated/α-hetero) is 1. The summed E-state index contributed by atoms with van der Waals surface area (Å²) in [6.07, 6.45) is 3.91. The fraction of sp³-hybridized carbons (Fsp3) is 0.500. The molecule has 1 aliphatic heterocycles. The van der Waals surface area contributed by atoms with Crippen molar-refractivity contribution in [2.24, 2.45) is 0 Å². The predicted molar refractivity (Wildman–Crippen MR) is 69.0 cm³/mol. The van der Waals surface area contributed by atoms with Gasteiger partial charge in [-0.1, -0.05) is 0 Å². The molecule has 0 amide bonds. The van der Waals surface area contributed by atoms with E-state index < -0.39 is 0 Å².